The van der Waals surface area contributed by atoms with Gasteiger partial charge in [0.25, 0.3) is 11.1 Å². The summed E-state index contributed by atoms with van der Waals surface area (Å²) in [5.41, 5.74) is 0.992. The first-order chi connectivity index (χ1) is 8.56. The molecule has 0 spiro atoms. The number of nitrogens with zero attached hydrogens (tertiary/aromatic N) is 2. The summed E-state index contributed by atoms with van der Waals surface area (Å²) in [5, 5.41) is 15.9. The van der Waals surface area contributed by atoms with E-state index in [-0.39, 0.29) is 22.4 Å². The molecule has 1 aromatic carbocycles. The van der Waals surface area contributed by atoms with Crippen molar-refractivity contribution in [3.05, 3.63) is 29.6 Å². The zero-order chi connectivity index (χ0) is 13.1. The molecule has 5 nitrogen and oxygen atoms in total. The van der Waals surface area contributed by atoms with Crippen molar-refractivity contribution in [1.82, 2.24) is 10.2 Å². The number of aliphatic carboxylic acids is 1. The second kappa shape index (κ2) is 5.18. The van der Waals surface area contributed by atoms with Gasteiger partial charge in [-0.2, -0.15) is 0 Å². The van der Waals surface area contributed by atoms with Gasteiger partial charge >= 0.3 is 5.97 Å². The second-order valence-corrected chi connectivity index (χ2v) is 4.47. The van der Waals surface area contributed by atoms with Gasteiger partial charge in [0.05, 0.1) is 5.56 Å². The number of hydrogen-bond acceptors (Lipinski definition) is 5. The molecule has 0 unspecified atom stereocenters. The summed E-state index contributed by atoms with van der Waals surface area (Å²) in [6, 6.07) is 4.64. The van der Waals surface area contributed by atoms with Crippen LogP contribution in [0.4, 0.5) is 4.39 Å². The third kappa shape index (κ3) is 2.86. The number of aromatic nitrogens is 2. The van der Waals surface area contributed by atoms with Crippen LogP contribution in [0.2, 0.25) is 0 Å². The fourth-order valence-corrected chi connectivity index (χ4v) is 1.78. The standard InChI is InChI=1S/C11H9FN2O3S/c1-6-2-3-7(8(12)4-6)10-13-14-11(17-10)18-5-9(15)16/h2-4H,5H2,1H3,(H,15,16). The first-order valence-electron chi connectivity index (χ1n) is 5.01. The summed E-state index contributed by atoms with van der Waals surface area (Å²) in [6.45, 7) is 1.77. The minimum absolute atomic E-state index is 0.0420. The minimum atomic E-state index is -0.985. The molecular formula is C11H9FN2O3S. The Hall–Kier alpha value is -1.89. The molecule has 1 heterocycles. The van der Waals surface area contributed by atoms with Crippen LogP contribution in [-0.4, -0.2) is 27.0 Å². The van der Waals surface area contributed by atoms with Crippen molar-refractivity contribution in [2.45, 2.75) is 12.1 Å². The topological polar surface area (TPSA) is 76.2 Å². The zero-order valence-corrected chi connectivity index (χ0v) is 10.2. The number of carboxylic acid groups (broad SMARTS) is 1. The molecule has 1 aromatic heterocycles. The van der Waals surface area contributed by atoms with Gasteiger partial charge in [-0.1, -0.05) is 17.8 Å². The Morgan fingerprint density at radius 1 is 1.50 bits per heavy atom. The van der Waals surface area contributed by atoms with Gasteiger partial charge in [-0.15, -0.1) is 10.2 Å². The van der Waals surface area contributed by atoms with Crippen LogP contribution >= 0.6 is 11.8 Å². The average molecular weight is 268 g/mol. The number of halogens is 1. The summed E-state index contributed by atoms with van der Waals surface area (Å²) >= 11 is 0.891. The van der Waals surface area contributed by atoms with Gasteiger partial charge in [0, 0.05) is 0 Å². The Morgan fingerprint density at radius 3 is 2.94 bits per heavy atom. The van der Waals surface area contributed by atoms with E-state index < -0.39 is 11.8 Å². The zero-order valence-electron chi connectivity index (χ0n) is 9.38. The van der Waals surface area contributed by atoms with E-state index in [0.29, 0.717) is 0 Å². The van der Waals surface area contributed by atoms with Crippen molar-refractivity contribution < 1.29 is 18.7 Å². The predicted octanol–water partition coefficient (Wildman–Crippen LogP) is 2.36. The highest BCUT2D eigenvalue weighted by Crippen LogP contribution is 2.25. The highest BCUT2D eigenvalue weighted by atomic mass is 32.2. The fourth-order valence-electron chi connectivity index (χ4n) is 1.29. The fraction of sp³-hybridized carbons (Fsp3) is 0.182. The summed E-state index contributed by atoms with van der Waals surface area (Å²) < 4.78 is 18.8. The van der Waals surface area contributed by atoms with Crippen molar-refractivity contribution >= 4 is 17.7 Å². The third-order valence-corrected chi connectivity index (χ3v) is 2.88. The Labute approximate surface area is 106 Å². The molecule has 94 valence electrons. The molecule has 0 saturated carbocycles. The van der Waals surface area contributed by atoms with E-state index in [0.717, 1.165) is 17.3 Å². The first kappa shape index (κ1) is 12.6. The van der Waals surface area contributed by atoms with E-state index in [1.807, 2.05) is 0 Å². The summed E-state index contributed by atoms with van der Waals surface area (Å²) in [7, 11) is 0. The first-order valence-corrected chi connectivity index (χ1v) is 5.99. The van der Waals surface area contributed by atoms with Gasteiger partial charge in [-0.25, -0.2) is 4.39 Å². The van der Waals surface area contributed by atoms with Crippen molar-refractivity contribution in [3.8, 4) is 11.5 Å². The molecule has 0 bridgehead atoms. The molecule has 0 fully saturated rings. The number of hydrogen-bond donors (Lipinski definition) is 1. The molecule has 0 aliphatic rings. The second-order valence-electron chi connectivity index (χ2n) is 3.54. The molecule has 2 aromatic rings. The maximum absolute atomic E-state index is 13.6. The molecule has 0 radical (unpaired) electrons. The molecule has 1 N–H and O–H groups in total. The number of rotatable bonds is 4. The maximum Gasteiger partial charge on any atom is 0.314 e. The van der Waals surface area contributed by atoms with Crippen LogP contribution in [-0.2, 0) is 4.79 Å². The minimum Gasteiger partial charge on any atom is -0.481 e. The van der Waals surface area contributed by atoms with E-state index >= 15 is 0 Å². The van der Waals surface area contributed by atoms with Gasteiger partial charge in [0.2, 0.25) is 0 Å². The molecule has 0 aliphatic carbocycles. The number of aryl methyl sites for hydroxylation is 1. The Bertz CT molecular complexity index is 585. The van der Waals surface area contributed by atoms with Crippen LogP contribution in [0.5, 0.6) is 0 Å². The van der Waals surface area contributed by atoms with Gasteiger partial charge in [-0.05, 0) is 24.6 Å². The van der Waals surface area contributed by atoms with Crippen molar-refractivity contribution in [3.63, 3.8) is 0 Å². The predicted molar refractivity (Wildman–Crippen MR) is 62.8 cm³/mol. The van der Waals surface area contributed by atoms with Crippen LogP contribution in [0.1, 0.15) is 5.56 Å². The third-order valence-electron chi connectivity index (χ3n) is 2.08. The van der Waals surface area contributed by atoms with E-state index in [1.165, 1.54) is 6.07 Å². The van der Waals surface area contributed by atoms with Crippen molar-refractivity contribution in [1.29, 1.82) is 0 Å². The van der Waals surface area contributed by atoms with Crippen molar-refractivity contribution in [2.24, 2.45) is 0 Å². The highest BCUT2D eigenvalue weighted by molar-refractivity contribution is 7.99. The molecule has 0 atom stereocenters. The Morgan fingerprint density at radius 2 is 2.28 bits per heavy atom. The van der Waals surface area contributed by atoms with E-state index in [4.69, 9.17) is 9.52 Å². The molecule has 0 amide bonds. The molecule has 0 aliphatic heterocycles. The lowest BCUT2D eigenvalue weighted by Gasteiger charge is -1.98. The van der Waals surface area contributed by atoms with E-state index in [9.17, 15) is 9.18 Å². The van der Waals surface area contributed by atoms with Crippen LogP contribution < -0.4 is 0 Å². The van der Waals surface area contributed by atoms with E-state index in [2.05, 4.69) is 10.2 Å². The number of carboxylic acids is 1. The normalized spacial score (nSPS) is 10.6. The average Bonchev–Trinajstić information content (AvgIpc) is 2.75. The SMILES string of the molecule is Cc1ccc(-c2nnc(SCC(=O)O)o2)c(F)c1. The van der Waals surface area contributed by atoms with Crippen LogP contribution in [0.15, 0.2) is 27.8 Å². The van der Waals surface area contributed by atoms with Gasteiger partial charge in [0.1, 0.15) is 11.6 Å². The van der Waals surface area contributed by atoms with Gasteiger partial charge in [-0.3, -0.25) is 4.79 Å². The monoisotopic (exact) mass is 268 g/mol. The van der Waals surface area contributed by atoms with Crippen LogP contribution in [0, 0.1) is 12.7 Å². The highest BCUT2D eigenvalue weighted by Gasteiger charge is 2.14. The Kier molecular flexibility index (Phi) is 3.61. The van der Waals surface area contributed by atoms with Gasteiger partial charge < -0.3 is 9.52 Å². The molecule has 18 heavy (non-hydrogen) atoms. The van der Waals surface area contributed by atoms with Crippen molar-refractivity contribution in [2.75, 3.05) is 5.75 Å². The van der Waals surface area contributed by atoms with E-state index in [1.54, 1.807) is 19.1 Å². The number of carbonyl (C=O) groups is 1. The largest absolute Gasteiger partial charge is 0.481 e. The Balaban J connectivity index is 2.21. The smallest absolute Gasteiger partial charge is 0.314 e. The molecule has 0 saturated heterocycles. The molecule has 2 rings (SSSR count). The lowest BCUT2D eigenvalue weighted by Crippen LogP contribution is -1.97. The summed E-state index contributed by atoms with van der Waals surface area (Å²) in [6.07, 6.45) is 0. The lowest BCUT2D eigenvalue weighted by atomic mass is 10.1. The van der Waals surface area contributed by atoms with Crippen LogP contribution in [0.25, 0.3) is 11.5 Å². The maximum atomic E-state index is 13.6. The lowest BCUT2D eigenvalue weighted by molar-refractivity contribution is -0.133. The molecular weight excluding hydrogens is 259 g/mol. The summed E-state index contributed by atoms with van der Waals surface area (Å²) in [5.74, 6) is -1.58. The number of thioether (sulfide) groups is 1. The number of benzene rings is 1. The summed E-state index contributed by atoms with van der Waals surface area (Å²) in [4.78, 5) is 10.4. The quantitative estimate of drug-likeness (QED) is 0.858. The van der Waals surface area contributed by atoms with Crippen LogP contribution in [0.3, 0.4) is 0 Å². The molecule has 7 heteroatoms. The van der Waals surface area contributed by atoms with Gasteiger partial charge in [0.15, 0.2) is 0 Å².